The maximum atomic E-state index is 13.4. The molecule has 3 heterocycles. The molecule has 0 aliphatic carbocycles. The first-order valence-corrected chi connectivity index (χ1v) is 14.4. The number of carbonyl (C=O) groups excluding carboxylic acids is 3. The van der Waals surface area contributed by atoms with Gasteiger partial charge < -0.3 is 23.5 Å². The highest BCUT2D eigenvalue weighted by Gasteiger charge is 2.52. The lowest BCUT2D eigenvalue weighted by Gasteiger charge is -2.25. The summed E-state index contributed by atoms with van der Waals surface area (Å²) in [5.74, 6) is -1.97. The van der Waals surface area contributed by atoms with Gasteiger partial charge in [0.2, 0.25) is 0 Å². The van der Waals surface area contributed by atoms with Crippen LogP contribution in [0.3, 0.4) is 0 Å². The van der Waals surface area contributed by atoms with E-state index in [9.17, 15) is 14.4 Å². The lowest BCUT2D eigenvalue weighted by molar-refractivity contribution is -0.0604. The summed E-state index contributed by atoms with van der Waals surface area (Å²) in [4.78, 5) is 44.0. The summed E-state index contributed by atoms with van der Waals surface area (Å²) in [6, 6.07) is 26.7. The van der Waals surface area contributed by atoms with Gasteiger partial charge in [-0.1, -0.05) is 77.8 Å². The fourth-order valence-corrected chi connectivity index (χ4v) is 5.55. The maximum absolute atomic E-state index is 13.4. The van der Waals surface area contributed by atoms with Crippen LogP contribution in [0.4, 0.5) is 0 Å². The molecule has 1 aliphatic heterocycles. The summed E-state index contributed by atoms with van der Waals surface area (Å²) in [5, 5.41) is 1.10. The van der Waals surface area contributed by atoms with E-state index in [2.05, 4.69) is 4.98 Å². The molecule has 6 rings (SSSR count). The zero-order valence-electron chi connectivity index (χ0n) is 22.9. The summed E-state index contributed by atoms with van der Waals surface area (Å²) in [6.07, 6.45) is -1.53. The molecule has 1 saturated heterocycles. The first-order chi connectivity index (χ1) is 21.4. The number of nitrogens with zero attached hydrogens (tertiary/aromatic N) is 2. The van der Waals surface area contributed by atoms with Crippen molar-refractivity contribution in [2.75, 3.05) is 6.61 Å². The highest BCUT2D eigenvalue weighted by atomic mass is 35.5. The van der Waals surface area contributed by atoms with Crippen LogP contribution in [0.25, 0.3) is 11.0 Å². The molecule has 0 saturated carbocycles. The Hall–Kier alpha value is -4.70. The molecule has 0 unspecified atom stereocenters. The Morgan fingerprint density at radius 2 is 1.23 bits per heavy atom. The molecular formula is C33H24Cl2N2O7. The number of hydrogen-bond donors (Lipinski definition) is 0. The molecule has 0 radical (unpaired) electrons. The van der Waals surface area contributed by atoms with Crippen LogP contribution in [0.15, 0.2) is 109 Å². The fourth-order valence-electron chi connectivity index (χ4n) is 4.97. The topological polar surface area (TPSA) is 106 Å². The second-order valence-electron chi connectivity index (χ2n) is 9.88. The van der Waals surface area contributed by atoms with Gasteiger partial charge in [0.05, 0.1) is 32.1 Å². The SMILES string of the molecule is O=C(OC[C@H]1O[C@@H](n2cc(Cl)c3c(Cl)ccnc32)[C@H](OC(=O)c2ccccc2)[C@@H]1OC(=O)c1ccccc1)c1ccccc1. The van der Waals surface area contributed by atoms with Crippen LogP contribution < -0.4 is 0 Å². The summed E-state index contributed by atoms with van der Waals surface area (Å²) in [6.45, 7) is -0.322. The Morgan fingerprint density at radius 1 is 0.705 bits per heavy atom. The number of ether oxygens (including phenoxy) is 4. The van der Waals surface area contributed by atoms with Crippen molar-refractivity contribution in [3.63, 3.8) is 0 Å². The third-order valence-electron chi connectivity index (χ3n) is 7.07. The van der Waals surface area contributed by atoms with Crippen molar-refractivity contribution in [3.8, 4) is 0 Å². The van der Waals surface area contributed by atoms with Crippen LogP contribution in [0.5, 0.6) is 0 Å². The number of fused-ring (bicyclic) bond motifs is 1. The van der Waals surface area contributed by atoms with E-state index in [0.717, 1.165) is 0 Å². The van der Waals surface area contributed by atoms with Crippen LogP contribution in [-0.4, -0.2) is 52.4 Å². The summed E-state index contributed by atoms with van der Waals surface area (Å²) >= 11 is 13.0. The molecule has 0 bridgehead atoms. The zero-order valence-corrected chi connectivity index (χ0v) is 24.4. The van der Waals surface area contributed by atoms with Crippen molar-refractivity contribution in [1.29, 1.82) is 0 Å². The molecule has 2 aromatic heterocycles. The lowest BCUT2D eigenvalue weighted by atomic mass is 10.1. The van der Waals surface area contributed by atoms with E-state index in [4.69, 9.17) is 42.1 Å². The number of benzene rings is 3. The Kier molecular flexibility index (Phi) is 8.60. The van der Waals surface area contributed by atoms with Crippen molar-refractivity contribution in [3.05, 3.63) is 136 Å². The molecule has 5 aromatic rings. The van der Waals surface area contributed by atoms with E-state index in [1.165, 1.54) is 6.20 Å². The fraction of sp³-hybridized carbons (Fsp3) is 0.152. The lowest BCUT2D eigenvalue weighted by Crippen LogP contribution is -2.41. The van der Waals surface area contributed by atoms with Gasteiger partial charge in [-0.05, 0) is 42.5 Å². The minimum atomic E-state index is -1.22. The molecule has 0 spiro atoms. The van der Waals surface area contributed by atoms with E-state index in [0.29, 0.717) is 21.6 Å². The predicted octanol–water partition coefficient (Wildman–Crippen LogP) is 6.55. The molecule has 1 fully saturated rings. The van der Waals surface area contributed by atoms with Crippen LogP contribution >= 0.6 is 23.2 Å². The zero-order chi connectivity index (χ0) is 30.6. The van der Waals surface area contributed by atoms with Gasteiger partial charge in [0.25, 0.3) is 0 Å². The molecule has 9 nitrogen and oxygen atoms in total. The number of halogens is 2. The van der Waals surface area contributed by atoms with Gasteiger partial charge in [0, 0.05) is 12.4 Å². The van der Waals surface area contributed by atoms with E-state index in [1.54, 1.807) is 108 Å². The standard InChI is InChI=1S/C33H24Cl2N2O7/c34-23-16-17-36-29-26(23)24(35)18-37(29)30-28(44-33(40)22-14-8-3-9-15-22)27(43-32(39)21-12-6-2-7-13-21)25(42-30)19-41-31(38)20-10-4-1-5-11-20/h1-18,25,27-28,30H,19H2/t25-,27-,28-,30-/m1/s1. The van der Waals surface area contributed by atoms with Crippen molar-refractivity contribution >= 4 is 52.1 Å². The Labute approximate surface area is 261 Å². The van der Waals surface area contributed by atoms with Gasteiger partial charge in [-0.25, -0.2) is 19.4 Å². The average Bonchev–Trinajstić information content (AvgIpc) is 3.57. The molecule has 44 heavy (non-hydrogen) atoms. The predicted molar refractivity (Wildman–Crippen MR) is 162 cm³/mol. The Balaban J connectivity index is 1.39. The molecule has 222 valence electrons. The van der Waals surface area contributed by atoms with Gasteiger partial charge in [0.15, 0.2) is 18.4 Å². The first-order valence-electron chi connectivity index (χ1n) is 13.6. The van der Waals surface area contributed by atoms with Gasteiger partial charge >= 0.3 is 17.9 Å². The van der Waals surface area contributed by atoms with Crippen molar-refractivity contribution < 1.29 is 33.3 Å². The summed E-state index contributed by atoms with van der Waals surface area (Å²) in [5.41, 5.74) is 1.22. The molecule has 0 N–H and O–H groups in total. The average molecular weight is 631 g/mol. The number of esters is 3. The second kappa shape index (κ2) is 12.9. The number of aromatic nitrogens is 2. The molecule has 0 amide bonds. The second-order valence-corrected chi connectivity index (χ2v) is 10.7. The summed E-state index contributed by atoms with van der Waals surface area (Å²) < 4.78 is 25.5. The molecule has 4 atom stereocenters. The highest BCUT2D eigenvalue weighted by Crippen LogP contribution is 2.40. The normalized spacial score (nSPS) is 19.4. The van der Waals surface area contributed by atoms with Gasteiger partial charge in [-0.3, -0.25) is 0 Å². The minimum absolute atomic E-state index is 0.270. The smallest absolute Gasteiger partial charge is 0.338 e. The van der Waals surface area contributed by atoms with Crippen molar-refractivity contribution in [2.24, 2.45) is 0 Å². The van der Waals surface area contributed by atoms with E-state index in [1.807, 2.05) is 0 Å². The molecular weight excluding hydrogens is 607 g/mol. The maximum Gasteiger partial charge on any atom is 0.338 e. The van der Waals surface area contributed by atoms with Crippen molar-refractivity contribution in [2.45, 2.75) is 24.5 Å². The third kappa shape index (κ3) is 6.03. The largest absolute Gasteiger partial charge is 0.459 e. The van der Waals surface area contributed by atoms with Gasteiger partial charge in [-0.15, -0.1) is 0 Å². The van der Waals surface area contributed by atoms with Crippen molar-refractivity contribution in [1.82, 2.24) is 9.55 Å². The monoisotopic (exact) mass is 630 g/mol. The first kappa shape index (κ1) is 29.4. The van der Waals surface area contributed by atoms with Crippen LogP contribution in [-0.2, 0) is 18.9 Å². The third-order valence-corrected chi connectivity index (χ3v) is 7.67. The highest BCUT2D eigenvalue weighted by molar-refractivity contribution is 6.42. The van der Waals surface area contributed by atoms with E-state index in [-0.39, 0.29) is 22.8 Å². The van der Waals surface area contributed by atoms with Gasteiger partial charge in [-0.2, -0.15) is 0 Å². The number of hydrogen-bond acceptors (Lipinski definition) is 8. The molecule has 1 aliphatic rings. The summed E-state index contributed by atoms with van der Waals surface area (Å²) in [7, 11) is 0. The van der Waals surface area contributed by atoms with Crippen LogP contribution in [0.1, 0.15) is 37.3 Å². The molecule has 3 aromatic carbocycles. The Morgan fingerprint density at radius 3 is 1.80 bits per heavy atom. The number of carbonyl (C=O) groups is 3. The minimum Gasteiger partial charge on any atom is -0.459 e. The molecule has 11 heteroatoms. The number of rotatable bonds is 8. The van der Waals surface area contributed by atoms with E-state index >= 15 is 0 Å². The van der Waals surface area contributed by atoms with Gasteiger partial charge in [0.1, 0.15) is 18.4 Å². The van der Waals surface area contributed by atoms with Crippen LogP contribution in [0, 0.1) is 0 Å². The Bertz CT molecular complexity index is 1800. The van der Waals surface area contributed by atoms with Crippen LogP contribution in [0.2, 0.25) is 10.0 Å². The quantitative estimate of drug-likeness (QED) is 0.140. The van der Waals surface area contributed by atoms with E-state index < -0.39 is 42.4 Å². The number of pyridine rings is 1.